The summed E-state index contributed by atoms with van der Waals surface area (Å²) in [6.45, 7) is 15.7. The summed E-state index contributed by atoms with van der Waals surface area (Å²) in [7, 11) is 0. The Bertz CT molecular complexity index is 1130. The van der Waals surface area contributed by atoms with Gasteiger partial charge >= 0.3 is 0 Å². The lowest BCUT2D eigenvalue weighted by Gasteiger charge is -2.34. The summed E-state index contributed by atoms with van der Waals surface area (Å²) < 4.78 is 5.81. The van der Waals surface area contributed by atoms with Crippen molar-refractivity contribution in [3.05, 3.63) is 36.0 Å². The van der Waals surface area contributed by atoms with Gasteiger partial charge in [-0.3, -0.25) is 14.6 Å². The molecule has 0 saturated carbocycles. The molecular formula is C27H37N5O2S3. The van der Waals surface area contributed by atoms with E-state index >= 15 is 0 Å². The Morgan fingerprint density at radius 1 is 1.03 bits per heavy atom. The molecule has 0 unspecified atom stereocenters. The summed E-state index contributed by atoms with van der Waals surface area (Å²) in [5, 5.41) is 5.66. The summed E-state index contributed by atoms with van der Waals surface area (Å²) in [6, 6.07) is 9.95. The predicted octanol–water partition coefficient (Wildman–Crippen LogP) is 5.88. The number of amides is 1. The molecule has 200 valence electrons. The lowest BCUT2D eigenvalue weighted by molar-refractivity contribution is -0.117. The van der Waals surface area contributed by atoms with E-state index < -0.39 is 0 Å². The van der Waals surface area contributed by atoms with Crippen molar-refractivity contribution in [1.29, 1.82) is 0 Å². The van der Waals surface area contributed by atoms with E-state index in [1.807, 2.05) is 31.2 Å². The average Bonchev–Trinajstić information content (AvgIpc) is 3.24. The summed E-state index contributed by atoms with van der Waals surface area (Å²) in [5.41, 5.74) is 3.59. The van der Waals surface area contributed by atoms with Crippen LogP contribution in [0, 0.1) is 6.92 Å². The fourth-order valence-corrected chi connectivity index (χ4v) is 6.95. The number of nitrogens with one attached hydrogen (secondary N) is 1. The quantitative estimate of drug-likeness (QED) is 0.290. The first-order chi connectivity index (χ1) is 17.8. The molecule has 1 N–H and O–H groups in total. The SMILES string of the molecule is Cc1cc(SC(C)C)c(NC(=O)CN2CCN(CCSc3nc4ccccc4o3)CC2)c(SC(C)C)n1. The number of piperazine rings is 1. The van der Waals surface area contributed by atoms with Gasteiger partial charge in [0.05, 0.1) is 12.2 Å². The van der Waals surface area contributed by atoms with Crippen LogP contribution in [-0.4, -0.2) is 81.2 Å². The monoisotopic (exact) mass is 559 g/mol. The maximum atomic E-state index is 13.1. The molecule has 0 bridgehead atoms. The highest BCUT2D eigenvalue weighted by Crippen LogP contribution is 2.38. The van der Waals surface area contributed by atoms with Crippen LogP contribution in [0.2, 0.25) is 0 Å². The minimum absolute atomic E-state index is 0.0295. The third-order valence-corrected chi connectivity index (χ3v) is 8.64. The summed E-state index contributed by atoms with van der Waals surface area (Å²) in [4.78, 5) is 28.2. The normalized spacial score (nSPS) is 15.2. The second kappa shape index (κ2) is 13.4. The molecule has 2 aromatic heterocycles. The molecule has 10 heteroatoms. The Morgan fingerprint density at radius 2 is 1.73 bits per heavy atom. The smallest absolute Gasteiger partial charge is 0.256 e. The van der Waals surface area contributed by atoms with Crippen LogP contribution in [0.5, 0.6) is 0 Å². The molecule has 1 amide bonds. The number of benzene rings is 1. The molecular weight excluding hydrogens is 523 g/mol. The fraction of sp³-hybridized carbons (Fsp3) is 0.519. The number of nitrogens with zero attached hydrogens (tertiary/aromatic N) is 4. The Morgan fingerprint density at radius 3 is 2.43 bits per heavy atom. The molecule has 1 aliphatic rings. The van der Waals surface area contributed by atoms with Crippen molar-refractivity contribution in [1.82, 2.24) is 19.8 Å². The van der Waals surface area contributed by atoms with Gasteiger partial charge in [-0.05, 0) is 25.1 Å². The molecule has 0 spiro atoms. The van der Waals surface area contributed by atoms with E-state index in [4.69, 9.17) is 9.40 Å². The predicted molar refractivity (Wildman–Crippen MR) is 157 cm³/mol. The van der Waals surface area contributed by atoms with Gasteiger partial charge in [0.2, 0.25) is 5.91 Å². The number of hydrogen-bond acceptors (Lipinski definition) is 9. The van der Waals surface area contributed by atoms with Gasteiger partial charge < -0.3 is 9.73 Å². The highest BCUT2D eigenvalue weighted by Gasteiger charge is 2.22. The highest BCUT2D eigenvalue weighted by molar-refractivity contribution is 8.01. The van der Waals surface area contributed by atoms with Gasteiger partial charge in [-0.15, -0.1) is 23.5 Å². The van der Waals surface area contributed by atoms with Crippen molar-refractivity contribution in [3.8, 4) is 0 Å². The molecule has 7 nitrogen and oxygen atoms in total. The molecule has 1 fully saturated rings. The number of para-hydroxylation sites is 2. The number of aryl methyl sites for hydroxylation is 1. The molecule has 4 rings (SSSR count). The Balaban J connectivity index is 1.26. The van der Waals surface area contributed by atoms with Gasteiger partial charge in [0, 0.05) is 59.6 Å². The van der Waals surface area contributed by atoms with E-state index in [1.165, 1.54) is 0 Å². The number of pyridine rings is 1. The zero-order valence-electron chi connectivity index (χ0n) is 22.3. The topological polar surface area (TPSA) is 74.5 Å². The van der Waals surface area contributed by atoms with Crippen LogP contribution in [0.1, 0.15) is 33.4 Å². The molecule has 1 aromatic carbocycles. The van der Waals surface area contributed by atoms with Crippen LogP contribution < -0.4 is 5.32 Å². The maximum Gasteiger partial charge on any atom is 0.256 e. The first kappa shape index (κ1) is 28.3. The number of anilines is 1. The van der Waals surface area contributed by atoms with Crippen molar-refractivity contribution in [2.75, 3.05) is 50.3 Å². The molecule has 3 aromatic rings. The summed E-state index contributed by atoms with van der Waals surface area (Å²) in [5.74, 6) is 0.960. The summed E-state index contributed by atoms with van der Waals surface area (Å²) in [6.07, 6.45) is 0. The molecule has 1 saturated heterocycles. The highest BCUT2D eigenvalue weighted by atomic mass is 32.2. The number of carbonyl (C=O) groups is 1. The van der Waals surface area contributed by atoms with E-state index in [9.17, 15) is 4.79 Å². The maximum absolute atomic E-state index is 13.1. The van der Waals surface area contributed by atoms with Gasteiger partial charge in [0.1, 0.15) is 10.5 Å². The van der Waals surface area contributed by atoms with Gasteiger partial charge in [0.25, 0.3) is 5.22 Å². The zero-order chi connectivity index (χ0) is 26.4. The van der Waals surface area contributed by atoms with Gasteiger partial charge in [-0.2, -0.15) is 0 Å². The van der Waals surface area contributed by atoms with Gasteiger partial charge in [-0.1, -0.05) is 51.6 Å². The van der Waals surface area contributed by atoms with Crippen LogP contribution in [0.15, 0.2) is 49.9 Å². The number of carbonyl (C=O) groups excluding carboxylic acids is 1. The van der Waals surface area contributed by atoms with Gasteiger partial charge in [0.15, 0.2) is 5.58 Å². The second-order valence-corrected chi connectivity index (χ2v) is 14.0. The molecule has 0 atom stereocenters. The van der Waals surface area contributed by atoms with Crippen molar-refractivity contribution in [2.45, 2.75) is 60.3 Å². The van der Waals surface area contributed by atoms with E-state index in [0.29, 0.717) is 17.0 Å². The van der Waals surface area contributed by atoms with Crippen LogP contribution in [-0.2, 0) is 4.79 Å². The third-order valence-electron chi connectivity index (χ3n) is 5.79. The lowest BCUT2D eigenvalue weighted by Crippen LogP contribution is -2.49. The van der Waals surface area contributed by atoms with Gasteiger partial charge in [-0.25, -0.2) is 9.97 Å². The van der Waals surface area contributed by atoms with E-state index in [0.717, 1.165) is 76.1 Å². The van der Waals surface area contributed by atoms with E-state index in [1.54, 1.807) is 35.3 Å². The Kier molecular flexibility index (Phi) is 10.2. The third kappa shape index (κ3) is 8.38. The molecule has 0 aliphatic carbocycles. The summed E-state index contributed by atoms with van der Waals surface area (Å²) >= 11 is 5.13. The first-order valence-corrected chi connectivity index (χ1v) is 15.6. The minimum Gasteiger partial charge on any atom is -0.431 e. The standard InChI is InChI=1S/C27H37N5O2S3/c1-18(2)36-23-16-20(5)28-26(37-19(3)4)25(23)30-24(33)17-32-12-10-31(11-13-32)14-15-35-27-29-21-8-6-7-9-22(21)34-27/h6-9,16,18-19H,10-15,17H2,1-5H3,(H,30,33). The van der Waals surface area contributed by atoms with E-state index in [-0.39, 0.29) is 5.91 Å². The van der Waals surface area contributed by atoms with Crippen molar-refractivity contribution < 1.29 is 9.21 Å². The number of fused-ring (bicyclic) bond motifs is 1. The molecule has 37 heavy (non-hydrogen) atoms. The van der Waals surface area contributed by atoms with Crippen LogP contribution in [0.4, 0.5) is 5.69 Å². The molecule has 1 aliphatic heterocycles. The molecule has 0 radical (unpaired) electrons. The van der Waals surface area contributed by atoms with Crippen LogP contribution in [0.3, 0.4) is 0 Å². The largest absolute Gasteiger partial charge is 0.431 e. The van der Waals surface area contributed by atoms with Crippen molar-refractivity contribution in [3.63, 3.8) is 0 Å². The number of thioether (sulfide) groups is 3. The average molecular weight is 560 g/mol. The van der Waals surface area contributed by atoms with Crippen molar-refractivity contribution in [2.24, 2.45) is 0 Å². The van der Waals surface area contributed by atoms with Crippen LogP contribution >= 0.6 is 35.3 Å². The molecule has 3 heterocycles. The van der Waals surface area contributed by atoms with Crippen LogP contribution in [0.25, 0.3) is 11.1 Å². The Hall–Kier alpha value is -1.72. The lowest BCUT2D eigenvalue weighted by atomic mass is 10.3. The Labute approximate surface area is 232 Å². The number of oxazole rings is 1. The number of rotatable bonds is 11. The first-order valence-electron chi connectivity index (χ1n) is 12.8. The van der Waals surface area contributed by atoms with Crippen molar-refractivity contribution >= 4 is 58.0 Å². The minimum atomic E-state index is 0.0295. The number of hydrogen-bond donors (Lipinski definition) is 1. The van der Waals surface area contributed by atoms with E-state index in [2.05, 4.69) is 53.9 Å². The zero-order valence-corrected chi connectivity index (χ0v) is 24.8. The fourth-order valence-electron chi connectivity index (χ4n) is 4.11. The number of aromatic nitrogens is 2. The second-order valence-electron chi connectivity index (χ2n) is 9.74.